The van der Waals surface area contributed by atoms with E-state index in [0.717, 1.165) is 16.6 Å². The normalized spacial score (nSPS) is 12.4. The molecule has 2 rings (SSSR count). The summed E-state index contributed by atoms with van der Waals surface area (Å²) in [5.41, 5.74) is 1.65. The number of rotatable bonds is 5. The number of likely N-dealkylation sites (N-methyl/N-ethyl adjacent to an activating group) is 1. The molecule has 1 atom stereocenters. The fraction of sp³-hybridized carbons (Fsp3) is 0.250. The number of nitrogens with one attached hydrogen (secondary N) is 1. The molecule has 0 bridgehead atoms. The van der Waals surface area contributed by atoms with Crippen LogP contribution in [-0.2, 0) is 6.42 Å². The Labute approximate surface area is 142 Å². The number of hydrogen-bond donors (Lipinski definition) is 1. The first kappa shape index (κ1) is 16.8. The van der Waals surface area contributed by atoms with Crippen LogP contribution >= 0.6 is 39.1 Å². The lowest BCUT2D eigenvalue weighted by atomic mass is 9.98. The van der Waals surface area contributed by atoms with Gasteiger partial charge in [0, 0.05) is 10.5 Å². The van der Waals surface area contributed by atoms with Crippen molar-refractivity contribution < 1.29 is 4.39 Å². The van der Waals surface area contributed by atoms with Gasteiger partial charge in [-0.3, -0.25) is 0 Å². The van der Waals surface area contributed by atoms with Crippen LogP contribution in [0.25, 0.3) is 0 Å². The van der Waals surface area contributed by atoms with Crippen molar-refractivity contribution in [2.75, 3.05) is 6.54 Å². The molecule has 0 aliphatic carbocycles. The first-order valence-electron chi connectivity index (χ1n) is 6.63. The van der Waals surface area contributed by atoms with Crippen molar-refractivity contribution in [2.45, 2.75) is 19.4 Å². The largest absolute Gasteiger partial charge is 0.310 e. The van der Waals surface area contributed by atoms with Crippen molar-refractivity contribution in [3.8, 4) is 0 Å². The van der Waals surface area contributed by atoms with Crippen LogP contribution in [-0.4, -0.2) is 6.54 Å². The molecule has 0 aliphatic rings. The van der Waals surface area contributed by atoms with E-state index in [-0.39, 0.29) is 11.9 Å². The molecular formula is C16H15BrCl2FN. The van der Waals surface area contributed by atoms with Crippen molar-refractivity contribution in [1.82, 2.24) is 5.32 Å². The third-order valence-electron chi connectivity index (χ3n) is 3.23. The molecule has 2 aromatic carbocycles. The predicted molar refractivity (Wildman–Crippen MR) is 90.7 cm³/mol. The molecule has 0 amide bonds. The van der Waals surface area contributed by atoms with Gasteiger partial charge < -0.3 is 5.32 Å². The third kappa shape index (κ3) is 4.43. The molecule has 2 aromatic rings. The van der Waals surface area contributed by atoms with Gasteiger partial charge in [0.1, 0.15) is 5.82 Å². The molecule has 5 heteroatoms. The maximum Gasteiger partial charge on any atom is 0.126 e. The summed E-state index contributed by atoms with van der Waals surface area (Å²) < 4.78 is 14.8. The summed E-state index contributed by atoms with van der Waals surface area (Å²) in [4.78, 5) is 0. The number of halogens is 4. The van der Waals surface area contributed by atoms with Crippen LogP contribution in [0.4, 0.5) is 4.39 Å². The Bertz CT molecular complexity index is 634. The zero-order valence-electron chi connectivity index (χ0n) is 11.5. The molecule has 21 heavy (non-hydrogen) atoms. The molecule has 1 N–H and O–H groups in total. The van der Waals surface area contributed by atoms with Crippen LogP contribution in [0.1, 0.15) is 24.1 Å². The Hall–Kier alpha value is -0.610. The topological polar surface area (TPSA) is 12.0 Å². The molecule has 0 saturated heterocycles. The minimum absolute atomic E-state index is 0.0198. The molecule has 0 spiro atoms. The quantitative estimate of drug-likeness (QED) is 0.681. The van der Waals surface area contributed by atoms with E-state index in [2.05, 4.69) is 21.2 Å². The Kier molecular flexibility index (Phi) is 6.06. The van der Waals surface area contributed by atoms with E-state index in [1.165, 1.54) is 6.07 Å². The second-order valence-electron chi connectivity index (χ2n) is 4.72. The lowest BCUT2D eigenvalue weighted by Crippen LogP contribution is -2.23. The fourth-order valence-corrected chi connectivity index (χ4v) is 2.92. The van der Waals surface area contributed by atoms with E-state index in [0.29, 0.717) is 22.0 Å². The number of benzene rings is 2. The molecule has 0 aliphatic heterocycles. The van der Waals surface area contributed by atoms with Crippen LogP contribution < -0.4 is 5.32 Å². The minimum Gasteiger partial charge on any atom is -0.310 e. The second-order valence-corrected chi connectivity index (χ2v) is 6.45. The summed E-state index contributed by atoms with van der Waals surface area (Å²) in [7, 11) is 0. The second kappa shape index (κ2) is 7.59. The van der Waals surface area contributed by atoms with Gasteiger partial charge in [-0.25, -0.2) is 4.39 Å². The van der Waals surface area contributed by atoms with Gasteiger partial charge in [-0.1, -0.05) is 52.1 Å². The van der Waals surface area contributed by atoms with E-state index in [1.54, 1.807) is 18.2 Å². The van der Waals surface area contributed by atoms with Crippen molar-refractivity contribution in [3.63, 3.8) is 0 Å². The summed E-state index contributed by atoms with van der Waals surface area (Å²) in [5, 5.41) is 4.38. The summed E-state index contributed by atoms with van der Waals surface area (Å²) in [5.74, 6) is -0.207. The average Bonchev–Trinajstić information content (AvgIpc) is 2.45. The number of hydrogen-bond acceptors (Lipinski definition) is 1. The van der Waals surface area contributed by atoms with Crippen LogP contribution in [0.15, 0.2) is 40.9 Å². The molecule has 112 valence electrons. The molecular weight excluding hydrogens is 376 g/mol. The van der Waals surface area contributed by atoms with Gasteiger partial charge in [-0.15, -0.1) is 0 Å². The van der Waals surface area contributed by atoms with E-state index in [9.17, 15) is 4.39 Å². The zero-order chi connectivity index (χ0) is 15.4. The van der Waals surface area contributed by atoms with Gasteiger partial charge in [0.25, 0.3) is 0 Å². The van der Waals surface area contributed by atoms with Crippen LogP contribution in [0.3, 0.4) is 0 Å². The molecule has 0 heterocycles. The molecule has 1 nitrogen and oxygen atoms in total. The van der Waals surface area contributed by atoms with Crippen LogP contribution in [0.5, 0.6) is 0 Å². The summed E-state index contributed by atoms with van der Waals surface area (Å²) in [6, 6.07) is 10.5. The smallest absolute Gasteiger partial charge is 0.126 e. The first-order chi connectivity index (χ1) is 10.0. The van der Waals surface area contributed by atoms with Gasteiger partial charge >= 0.3 is 0 Å². The predicted octanol–water partition coefficient (Wildman–Crippen LogP) is 5.79. The molecule has 0 saturated carbocycles. The van der Waals surface area contributed by atoms with Gasteiger partial charge in [0.15, 0.2) is 0 Å². The minimum atomic E-state index is -0.207. The highest BCUT2D eigenvalue weighted by molar-refractivity contribution is 9.10. The Morgan fingerprint density at radius 2 is 1.90 bits per heavy atom. The summed E-state index contributed by atoms with van der Waals surface area (Å²) >= 11 is 15.4. The van der Waals surface area contributed by atoms with Crippen LogP contribution in [0.2, 0.25) is 10.0 Å². The molecule has 0 radical (unpaired) electrons. The zero-order valence-corrected chi connectivity index (χ0v) is 14.6. The van der Waals surface area contributed by atoms with Gasteiger partial charge in [0.05, 0.1) is 10.0 Å². The monoisotopic (exact) mass is 389 g/mol. The SMILES string of the molecule is CCNC(Cc1cc(Br)ccc1F)c1ccc(Cl)c(Cl)c1. The first-order valence-corrected chi connectivity index (χ1v) is 8.18. The Balaban J connectivity index is 2.30. The van der Waals surface area contributed by atoms with Gasteiger partial charge in [-0.2, -0.15) is 0 Å². The standard InChI is InChI=1S/C16H15BrCl2FN/c1-2-21-16(10-3-5-13(18)14(19)8-10)9-11-7-12(17)4-6-15(11)20/h3-8,16,21H,2,9H2,1H3. The maximum atomic E-state index is 13.9. The summed E-state index contributed by atoms with van der Waals surface area (Å²) in [6.07, 6.45) is 0.539. The van der Waals surface area contributed by atoms with Crippen molar-refractivity contribution >= 4 is 39.1 Å². The fourth-order valence-electron chi connectivity index (χ4n) is 2.20. The van der Waals surface area contributed by atoms with Crippen molar-refractivity contribution in [3.05, 3.63) is 67.9 Å². The van der Waals surface area contributed by atoms with Gasteiger partial charge in [0.2, 0.25) is 0 Å². The highest BCUT2D eigenvalue weighted by Crippen LogP contribution is 2.28. The molecule has 0 aromatic heterocycles. The van der Waals surface area contributed by atoms with E-state index >= 15 is 0 Å². The van der Waals surface area contributed by atoms with E-state index < -0.39 is 0 Å². The van der Waals surface area contributed by atoms with Crippen LogP contribution in [0, 0.1) is 5.82 Å². The van der Waals surface area contributed by atoms with E-state index in [1.807, 2.05) is 19.1 Å². The average molecular weight is 391 g/mol. The Morgan fingerprint density at radius 3 is 2.57 bits per heavy atom. The third-order valence-corrected chi connectivity index (χ3v) is 4.46. The van der Waals surface area contributed by atoms with Crippen molar-refractivity contribution in [2.24, 2.45) is 0 Å². The lowest BCUT2D eigenvalue weighted by Gasteiger charge is -2.19. The van der Waals surface area contributed by atoms with E-state index in [4.69, 9.17) is 23.2 Å². The van der Waals surface area contributed by atoms with Crippen molar-refractivity contribution in [1.29, 1.82) is 0 Å². The summed E-state index contributed by atoms with van der Waals surface area (Å²) in [6.45, 7) is 2.79. The molecule has 0 fully saturated rings. The molecule has 1 unspecified atom stereocenters. The highest BCUT2D eigenvalue weighted by atomic mass is 79.9. The highest BCUT2D eigenvalue weighted by Gasteiger charge is 2.15. The lowest BCUT2D eigenvalue weighted by molar-refractivity contribution is 0.528. The Morgan fingerprint density at radius 1 is 1.14 bits per heavy atom. The maximum absolute atomic E-state index is 13.9. The van der Waals surface area contributed by atoms with Gasteiger partial charge in [-0.05, 0) is 54.4 Å².